The standard InChI is InChI=1S/C15H26N2O/c1-11-3-2-6-15(16,9-11)13(18)17-10-14(7-8-14)12-4-5-12/h11-12H,2-10,16H2,1H3,(H,17,18). The van der Waals surface area contributed by atoms with Crippen molar-refractivity contribution in [3.63, 3.8) is 0 Å². The van der Waals surface area contributed by atoms with Crippen LogP contribution in [0.1, 0.15) is 58.3 Å². The minimum Gasteiger partial charge on any atom is -0.354 e. The molecule has 0 aromatic rings. The van der Waals surface area contributed by atoms with Gasteiger partial charge in [0.25, 0.3) is 0 Å². The number of nitrogens with two attached hydrogens (primary N) is 1. The molecule has 3 fully saturated rings. The van der Waals surface area contributed by atoms with Crippen LogP contribution < -0.4 is 11.1 Å². The Balaban J connectivity index is 1.54. The molecule has 3 heteroatoms. The van der Waals surface area contributed by atoms with E-state index in [1.54, 1.807) is 0 Å². The molecule has 2 unspecified atom stereocenters. The van der Waals surface area contributed by atoms with Gasteiger partial charge in [-0.3, -0.25) is 4.79 Å². The molecule has 0 spiro atoms. The van der Waals surface area contributed by atoms with E-state index in [0.717, 1.165) is 31.7 Å². The SMILES string of the molecule is CC1CCCC(N)(C(=O)NCC2(C3CC3)CC2)C1. The van der Waals surface area contributed by atoms with E-state index >= 15 is 0 Å². The lowest BCUT2D eigenvalue weighted by Gasteiger charge is -2.35. The highest BCUT2D eigenvalue weighted by Gasteiger charge is 2.54. The summed E-state index contributed by atoms with van der Waals surface area (Å²) in [6.45, 7) is 3.09. The third-order valence-corrected chi connectivity index (χ3v) is 5.42. The van der Waals surface area contributed by atoms with Crippen LogP contribution in [0, 0.1) is 17.3 Å². The lowest BCUT2D eigenvalue weighted by molar-refractivity contribution is -0.128. The Kier molecular flexibility index (Phi) is 2.92. The summed E-state index contributed by atoms with van der Waals surface area (Å²) < 4.78 is 0. The molecular weight excluding hydrogens is 224 g/mol. The van der Waals surface area contributed by atoms with Crippen molar-refractivity contribution in [2.24, 2.45) is 23.0 Å². The Bertz CT molecular complexity index is 346. The Morgan fingerprint density at radius 3 is 2.56 bits per heavy atom. The number of amides is 1. The molecule has 0 aromatic heterocycles. The lowest BCUT2D eigenvalue weighted by Crippen LogP contribution is -2.57. The van der Waals surface area contributed by atoms with Crippen molar-refractivity contribution < 1.29 is 4.79 Å². The predicted octanol–water partition coefficient (Wildman–Crippen LogP) is 2.20. The monoisotopic (exact) mass is 250 g/mol. The fourth-order valence-electron chi connectivity index (χ4n) is 3.82. The molecule has 0 bridgehead atoms. The van der Waals surface area contributed by atoms with Gasteiger partial charge in [0, 0.05) is 6.54 Å². The van der Waals surface area contributed by atoms with Crippen molar-refractivity contribution in [1.29, 1.82) is 0 Å². The van der Waals surface area contributed by atoms with E-state index in [1.165, 1.54) is 32.1 Å². The number of rotatable bonds is 4. The molecule has 1 amide bonds. The fraction of sp³-hybridized carbons (Fsp3) is 0.933. The average molecular weight is 250 g/mol. The van der Waals surface area contributed by atoms with Gasteiger partial charge in [-0.25, -0.2) is 0 Å². The largest absolute Gasteiger partial charge is 0.354 e. The molecule has 2 atom stereocenters. The molecule has 0 saturated heterocycles. The third-order valence-electron chi connectivity index (χ3n) is 5.42. The van der Waals surface area contributed by atoms with Crippen molar-refractivity contribution in [2.45, 2.75) is 63.8 Å². The molecule has 3 nitrogen and oxygen atoms in total. The third kappa shape index (κ3) is 2.29. The molecule has 3 aliphatic carbocycles. The van der Waals surface area contributed by atoms with Crippen molar-refractivity contribution in [3.8, 4) is 0 Å². The van der Waals surface area contributed by atoms with E-state index < -0.39 is 5.54 Å². The van der Waals surface area contributed by atoms with Crippen LogP contribution in [-0.4, -0.2) is 18.0 Å². The van der Waals surface area contributed by atoms with Gasteiger partial charge in [0.15, 0.2) is 0 Å². The van der Waals surface area contributed by atoms with Crippen molar-refractivity contribution in [1.82, 2.24) is 5.32 Å². The van der Waals surface area contributed by atoms with Crippen LogP contribution in [0.15, 0.2) is 0 Å². The fourth-order valence-corrected chi connectivity index (χ4v) is 3.82. The molecular formula is C15H26N2O. The Morgan fingerprint density at radius 2 is 2.00 bits per heavy atom. The highest BCUT2D eigenvalue weighted by atomic mass is 16.2. The van der Waals surface area contributed by atoms with Crippen molar-refractivity contribution in [2.75, 3.05) is 6.54 Å². The first-order chi connectivity index (χ1) is 8.54. The summed E-state index contributed by atoms with van der Waals surface area (Å²) in [7, 11) is 0. The molecule has 0 heterocycles. The van der Waals surface area contributed by atoms with Gasteiger partial charge in [-0.05, 0) is 55.8 Å². The van der Waals surface area contributed by atoms with E-state index in [9.17, 15) is 4.79 Å². The van der Waals surface area contributed by atoms with Crippen LogP contribution in [0.25, 0.3) is 0 Å². The number of nitrogens with one attached hydrogen (secondary N) is 1. The molecule has 3 N–H and O–H groups in total. The van der Waals surface area contributed by atoms with Crippen LogP contribution in [-0.2, 0) is 4.79 Å². The first kappa shape index (κ1) is 12.5. The van der Waals surface area contributed by atoms with Crippen LogP contribution >= 0.6 is 0 Å². The topological polar surface area (TPSA) is 55.1 Å². The van der Waals surface area contributed by atoms with Gasteiger partial charge in [0.05, 0.1) is 5.54 Å². The smallest absolute Gasteiger partial charge is 0.240 e. The highest BCUT2D eigenvalue weighted by Crippen LogP contribution is 2.60. The minimum absolute atomic E-state index is 0.112. The highest BCUT2D eigenvalue weighted by molar-refractivity contribution is 5.86. The number of hydrogen-bond donors (Lipinski definition) is 2. The second-order valence-corrected chi connectivity index (χ2v) is 7.18. The van der Waals surface area contributed by atoms with Crippen LogP contribution in [0.2, 0.25) is 0 Å². The van der Waals surface area contributed by atoms with Gasteiger partial charge in [0.2, 0.25) is 5.91 Å². The predicted molar refractivity (Wildman–Crippen MR) is 72.0 cm³/mol. The first-order valence-corrected chi connectivity index (χ1v) is 7.61. The van der Waals surface area contributed by atoms with Gasteiger partial charge in [0.1, 0.15) is 0 Å². The molecule has 0 radical (unpaired) electrons. The molecule has 18 heavy (non-hydrogen) atoms. The van der Waals surface area contributed by atoms with Gasteiger partial charge < -0.3 is 11.1 Å². The summed E-state index contributed by atoms with van der Waals surface area (Å²) in [6, 6.07) is 0. The van der Waals surface area contributed by atoms with Gasteiger partial charge in [-0.15, -0.1) is 0 Å². The number of carbonyl (C=O) groups excluding carboxylic acids is 1. The summed E-state index contributed by atoms with van der Waals surface area (Å²) in [5, 5.41) is 3.17. The van der Waals surface area contributed by atoms with Crippen molar-refractivity contribution >= 4 is 5.91 Å². The summed E-state index contributed by atoms with van der Waals surface area (Å²) in [6.07, 6.45) is 9.41. The van der Waals surface area contributed by atoms with E-state index in [0.29, 0.717) is 11.3 Å². The molecule has 3 saturated carbocycles. The number of hydrogen-bond acceptors (Lipinski definition) is 2. The van der Waals surface area contributed by atoms with E-state index in [4.69, 9.17) is 5.73 Å². The Labute approximate surface area is 110 Å². The second-order valence-electron chi connectivity index (χ2n) is 7.18. The maximum atomic E-state index is 12.3. The maximum Gasteiger partial charge on any atom is 0.240 e. The zero-order valence-electron chi connectivity index (χ0n) is 11.5. The zero-order chi connectivity index (χ0) is 12.8. The van der Waals surface area contributed by atoms with E-state index in [1.807, 2.05) is 0 Å². The Morgan fingerprint density at radius 1 is 1.28 bits per heavy atom. The summed E-state index contributed by atoms with van der Waals surface area (Å²) >= 11 is 0. The molecule has 102 valence electrons. The second kappa shape index (κ2) is 4.22. The molecule has 3 rings (SSSR count). The zero-order valence-corrected chi connectivity index (χ0v) is 11.5. The first-order valence-electron chi connectivity index (χ1n) is 7.61. The van der Waals surface area contributed by atoms with Crippen LogP contribution in [0.5, 0.6) is 0 Å². The average Bonchev–Trinajstić information content (AvgIpc) is 3.16. The van der Waals surface area contributed by atoms with Crippen molar-refractivity contribution in [3.05, 3.63) is 0 Å². The van der Waals surface area contributed by atoms with Crippen LogP contribution in [0.3, 0.4) is 0 Å². The molecule has 0 aromatic carbocycles. The quantitative estimate of drug-likeness (QED) is 0.803. The van der Waals surface area contributed by atoms with E-state index in [2.05, 4.69) is 12.2 Å². The maximum absolute atomic E-state index is 12.3. The van der Waals surface area contributed by atoms with Gasteiger partial charge in [-0.2, -0.15) is 0 Å². The van der Waals surface area contributed by atoms with E-state index in [-0.39, 0.29) is 5.91 Å². The normalized spacial score (nSPS) is 38.2. The van der Waals surface area contributed by atoms with Gasteiger partial charge >= 0.3 is 0 Å². The summed E-state index contributed by atoms with van der Waals surface area (Å²) in [4.78, 5) is 12.3. The Hall–Kier alpha value is -0.570. The number of carbonyl (C=O) groups is 1. The van der Waals surface area contributed by atoms with Crippen LogP contribution in [0.4, 0.5) is 0 Å². The molecule has 0 aliphatic heterocycles. The van der Waals surface area contributed by atoms with Gasteiger partial charge in [-0.1, -0.05) is 19.8 Å². The minimum atomic E-state index is -0.586. The lowest BCUT2D eigenvalue weighted by atomic mass is 9.76. The summed E-state index contributed by atoms with van der Waals surface area (Å²) in [5.41, 5.74) is 6.21. The molecule has 3 aliphatic rings. The summed E-state index contributed by atoms with van der Waals surface area (Å²) in [5.74, 6) is 1.60.